The molecule has 4 N–H and O–H groups in total. The molecule has 0 heterocycles. The number of carboxylic acid groups (broad SMARTS) is 1. The quantitative estimate of drug-likeness (QED) is 0.735. The second kappa shape index (κ2) is 6.36. The number of aliphatic carboxylic acids is 1. The number of anilines is 1. The van der Waals surface area contributed by atoms with Gasteiger partial charge < -0.3 is 10.8 Å². The van der Waals surface area contributed by atoms with Crippen molar-refractivity contribution in [1.82, 2.24) is 0 Å². The number of hydrogen-bond acceptors (Lipinski definition) is 4. The van der Waals surface area contributed by atoms with Crippen LogP contribution < -0.4 is 10.5 Å². The van der Waals surface area contributed by atoms with Gasteiger partial charge in [0, 0.05) is 6.04 Å². The number of hydrogen-bond donors (Lipinski definition) is 3. The molecule has 10 heteroatoms. The Labute approximate surface area is 124 Å². The van der Waals surface area contributed by atoms with Crippen molar-refractivity contribution >= 4 is 27.8 Å². The van der Waals surface area contributed by atoms with Crippen LogP contribution in [0.1, 0.15) is 23.6 Å². The van der Waals surface area contributed by atoms with Gasteiger partial charge in [-0.05, 0) is 23.3 Å². The molecule has 0 aliphatic heterocycles. The summed E-state index contributed by atoms with van der Waals surface area (Å²) >= 11 is 0. The number of benzene rings is 1. The second-order valence-corrected chi connectivity index (χ2v) is 5.98. The van der Waals surface area contributed by atoms with Crippen molar-refractivity contribution in [3.63, 3.8) is 0 Å². The van der Waals surface area contributed by atoms with E-state index in [0.29, 0.717) is 5.56 Å². The number of nitrogens with two attached hydrogens (primary N) is 1. The van der Waals surface area contributed by atoms with Gasteiger partial charge in [0.2, 0.25) is 0 Å². The maximum Gasteiger partial charge on any atom is 0.516 e. The molecule has 0 spiro atoms. The zero-order valence-electron chi connectivity index (χ0n) is 11.1. The van der Waals surface area contributed by atoms with Crippen molar-refractivity contribution < 1.29 is 31.5 Å². The lowest BCUT2D eigenvalue weighted by Gasteiger charge is -2.15. The minimum Gasteiger partial charge on any atom is -0.481 e. The van der Waals surface area contributed by atoms with Crippen LogP contribution >= 0.6 is 0 Å². The molecule has 0 fully saturated rings. The van der Waals surface area contributed by atoms with Crippen LogP contribution in [0.3, 0.4) is 0 Å². The van der Waals surface area contributed by atoms with E-state index >= 15 is 0 Å². The van der Waals surface area contributed by atoms with E-state index in [-0.39, 0.29) is 17.7 Å². The Morgan fingerprint density at radius 3 is 2.50 bits per heavy atom. The molecule has 1 aromatic carbocycles. The van der Waals surface area contributed by atoms with E-state index in [1.54, 1.807) is 0 Å². The third-order valence-electron chi connectivity index (χ3n) is 2.67. The van der Waals surface area contributed by atoms with Crippen molar-refractivity contribution in [2.75, 3.05) is 4.72 Å². The van der Waals surface area contributed by atoms with Gasteiger partial charge in [0.05, 0.1) is 12.1 Å². The summed E-state index contributed by atoms with van der Waals surface area (Å²) in [7, 11) is -5.56. The first kappa shape index (κ1) is 18.0. The van der Waals surface area contributed by atoms with E-state index in [0.717, 1.165) is 12.1 Å². The number of carboxylic acids is 1. The summed E-state index contributed by atoms with van der Waals surface area (Å²) in [5.41, 5.74) is 0.217. The predicted molar refractivity (Wildman–Crippen MR) is 74.3 cm³/mol. The van der Waals surface area contributed by atoms with Gasteiger partial charge in [0.1, 0.15) is 0 Å². The molecule has 0 bridgehead atoms. The lowest BCUT2D eigenvalue weighted by atomic mass is 10.0. The fourth-order valence-electron chi connectivity index (χ4n) is 1.58. The standard InChI is InChI=1S/C12H13F3N2O4S/c1-2-7-5-8(9(16)6-11(18)19)3-4-10(7)17-22(20,21)12(13,14)15/h2-5,9,17H,1,6,16H2,(H,18,19). The Hall–Kier alpha value is -2.07. The molecule has 1 unspecified atom stereocenters. The summed E-state index contributed by atoms with van der Waals surface area (Å²) in [5.74, 6) is -1.14. The lowest BCUT2D eigenvalue weighted by Crippen LogP contribution is -2.30. The van der Waals surface area contributed by atoms with Gasteiger partial charge in [-0.2, -0.15) is 21.6 Å². The predicted octanol–water partition coefficient (Wildman–Crippen LogP) is 2.07. The molecule has 0 aliphatic rings. The summed E-state index contributed by atoms with van der Waals surface area (Å²) < 4.78 is 60.6. The van der Waals surface area contributed by atoms with Crippen LogP contribution in [0.4, 0.5) is 18.9 Å². The third-order valence-corrected chi connectivity index (χ3v) is 3.77. The molecule has 0 saturated carbocycles. The Morgan fingerprint density at radius 2 is 2.05 bits per heavy atom. The summed E-state index contributed by atoms with van der Waals surface area (Å²) in [5, 5.41) is 8.65. The number of sulfonamides is 1. The van der Waals surface area contributed by atoms with Gasteiger partial charge in [-0.1, -0.05) is 18.7 Å². The second-order valence-electron chi connectivity index (χ2n) is 4.31. The van der Waals surface area contributed by atoms with E-state index in [9.17, 15) is 26.4 Å². The van der Waals surface area contributed by atoms with Gasteiger partial charge in [0.25, 0.3) is 0 Å². The van der Waals surface area contributed by atoms with E-state index in [1.165, 1.54) is 16.9 Å². The van der Waals surface area contributed by atoms with E-state index < -0.39 is 27.5 Å². The third kappa shape index (κ3) is 4.21. The van der Waals surface area contributed by atoms with Gasteiger partial charge in [-0.25, -0.2) is 0 Å². The van der Waals surface area contributed by atoms with Crippen molar-refractivity contribution in [1.29, 1.82) is 0 Å². The summed E-state index contributed by atoms with van der Waals surface area (Å²) in [6, 6.07) is 2.70. The first-order valence-electron chi connectivity index (χ1n) is 5.81. The molecule has 0 aliphatic carbocycles. The SMILES string of the molecule is C=Cc1cc(C(N)CC(=O)O)ccc1NS(=O)(=O)C(F)(F)F. The zero-order chi connectivity index (χ0) is 17.1. The molecule has 0 aromatic heterocycles. The van der Waals surface area contributed by atoms with Crippen molar-refractivity contribution in [3.8, 4) is 0 Å². The minimum atomic E-state index is -5.56. The lowest BCUT2D eigenvalue weighted by molar-refractivity contribution is -0.137. The molecule has 122 valence electrons. The Kier molecular flexibility index (Phi) is 5.20. The average Bonchev–Trinajstić information content (AvgIpc) is 2.36. The number of carbonyl (C=O) groups is 1. The summed E-state index contributed by atoms with van der Waals surface area (Å²) in [6.45, 7) is 3.37. The fourth-order valence-corrected chi connectivity index (χ4v) is 2.17. The normalized spacial score (nSPS) is 13.5. The molecule has 1 rings (SSSR count). The van der Waals surface area contributed by atoms with Crippen LogP contribution in [0.25, 0.3) is 6.08 Å². The minimum absolute atomic E-state index is 0.0474. The number of rotatable bonds is 6. The highest BCUT2D eigenvalue weighted by atomic mass is 32.2. The number of alkyl halides is 3. The van der Waals surface area contributed by atoms with E-state index in [2.05, 4.69) is 6.58 Å². The summed E-state index contributed by atoms with van der Waals surface area (Å²) in [4.78, 5) is 10.6. The highest BCUT2D eigenvalue weighted by molar-refractivity contribution is 7.93. The van der Waals surface area contributed by atoms with Gasteiger partial charge in [-0.3, -0.25) is 9.52 Å². The van der Waals surface area contributed by atoms with Gasteiger partial charge in [-0.15, -0.1) is 0 Å². The van der Waals surface area contributed by atoms with Crippen LogP contribution in [0.2, 0.25) is 0 Å². The highest BCUT2D eigenvalue weighted by Crippen LogP contribution is 2.29. The first-order valence-corrected chi connectivity index (χ1v) is 7.29. The maximum atomic E-state index is 12.3. The molecule has 0 radical (unpaired) electrons. The fraction of sp³-hybridized carbons (Fsp3) is 0.250. The van der Waals surface area contributed by atoms with Gasteiger partial charge >= 0.3 is 21.5 Å². The molecule has 1 aromatic rings. The Balaban J connectivity index is 3.15. The molecule has 1 atom stereocenters. The van der Waals surface area contributed by atoms with Crippen LogP contribution in [0, 0.1) is 0 Å². The van der Waals surface area contributed by atoms with Crippen LogP contribution in [0.5, 0.6) is 0 Å². The molecule has 0 saturated heterocycles. The average molecular weight is 338 g/mol. The molecule has 6 nitrogen and oxygen atoms in total. The molecule has 0 amide bonds. The van der Waals surface area contributed by atoms with Crippen molar-refractivity contribution in [2.45, 2.75) is 18.0 Å². The van der Waals surface area contributed by atoms with Crippen LogP contribution in [-0.2, 0) is 14.8 Å². The molecular weight excluding hydrogens is 325 g/mol. The number of nitrogens with one attached hydrogen (secondary N) is 1. The highest BCUT2D eigenvalue weighted by Gasteiger charge is 2.46. The van der Waals surface area contributed by atoms with Crippen molar-refractivity contribution in [2.24, 2.45) is 5.73 Å². The van der Waals surface area contributed by atoms with E-state index in [1.807, 2.05) is 0 Å². The maximum absolute atomic E-state index is 12.3. The van der Waals surface area contributed by atoms with Crippen LogP contribution in [-0.4, -0.2) is 25.0 Å². The largest absolute Gasteiger partial charge is 0.516 e. The summed E-state index contributed by atoms with van der Waals surface area (Å²) in [6.07, 6.45) is 0.745. The Morgan fingerprint density at radius 1 is 1.45 bits per heavy atom. The molecule has 22 heavy (non-hydrogen) atoms. The smallest absolute Gasteiger partial charge is 0.481 e. The Bertz CT molecular complexity index is 686. The first-order chi connectivity index (χ1) is 9.98. The zero-order valence-corrected chi connectivity index (χ0v) is 11.9. The monoisotopic (exact) mass is 338 g/mol. The number of halogens is 3. The van der Waals surface area contributed by atoms with Crippen LogP contribution in [0.15, 0.2) is 24.8 Å². The van der Waals surface area contributed by atoms with Crippen molar-refractivity contribution in [3.05, 3.63) is 35.9 Å². The van der Waals surface area contributed by atoms with Gasteiger partial charge in [0.15, 0.2) is 0 Å². The topological polar surface area (TPSA) is 109 Å². The van der Waals surface area contributed by atoms with E-state index in [4.69, 9.17) is 10.8 Å². The molecular formula is C12H13F3N2O4S.